The first-order valence-corrected chi connectivity index (χ1v) is 11.6. The molecule has 0 saturated carbocycles. The maximum atomic E-state index is 13.6. The van der Waals surface area contributed by atoms with Crippen molar-refractivity contribution in [3.8, 4) is 0 Å². The fourth-order valence-corrected chi connectivity index (χ4v) is 5.88. The van der Waals surface area contributed by atoms with Gasteiger partial charge < -0.3 is 5.11 Å². The van der Waals surface area contributed by atoms with Gasteiger partial charge in [-0.3, -0.25) is 4.90 Å². The zero-order valence-corrected chi connectivity index (χ0v) is 17.4. The summed E-state index contributed by atoms with van der Waals surface area (Å²) in [5, 5.41) is 9.06. The largest absolute Gasteiger partial charge is 0.478 e. The van der Waals surface area contributed by atoms with Gasteiger partial charge >= 0.3 is 5.97 Å². The molecular weight excluding hydrogens is 407 g/mol. The van der Waals surface area contributed by atoms with Gasteiger partial charge in [-0.05, 0) is 54.5 Å². The Balaban J connectivity index is 1.37. The molecule has 2 aliphatic rings. The summed E-state index contributed by atoms with van der Waals surface area (Å²) >= 11 is 0. The number of rotatable bonds is 5. The number of hydrogen-bond donors (Lipinski definition) is 1. The van der Waals surface area contributed by atoms with Crippen LogP contribution in [0.5, 0.6) is 0 Å². The van der Waals surface area contributed by atoms with Crippen molar-refractivity contribution in [2.75, 3.05) is 26.2 Å². The summed E-state index contributed by atoms with van der Waals surface area (Å²) < 4.78 is 40.8. The number of piperidine rings is 1. The average molecular weight is 433 g/mol. The minimum atomic E-state index is -3.84. The molecule has 0 atom stereocenters. The zero-order chi connectivity index (χ0) is 21.3. The van der Waals surface area contributed by atoms with Crippen molar-refractivity contribution < 1.29 is 22.7 Å². The monoisotopic (exact) mass is 432 g/mol. The average Bonchev–Trinajstić information content (AvgIpc) is 2.74. The highest BCUT2D eigenvalue weighted by Gasteiger charge is 2.31. The molecule has 1 saturated heterocycles. The highest BCUT2D eigenvalue weighted by Crippen LogP contribution is 2.27. The SMILES string of the molecule is O=C(O)c1cc(S(=O)(=O)N2CCC(CN3CCc4ccccc4C3)CC2)ccc1F. The highest BCUT2D eigenvalue weighted by molar-refractivity contribution is 7.89. The first kappa shape index (κ1) is 21.0. The summed E-state index contributed by atoms with van der Waals surface area (Å²) in [6.07, 6.45) is 2.55. The Morgan fingerprint density at radius 2 is 1.77 bits per heavy atom. The van der Waals surface area contributed by atoms with Crippen LogP contribution in [-0.4, -0.2) is 54.9 Å². The second-order valence-corrected chi connectivity index (χ2v) is 9.99. The van der Waals surface area contributed by atoms with E-state index in [4.69, 9.17) is 5.11 Å². The van der Waals surface area contributed by atoms with E-state index < -0.39 is 27.4 Å². The maximum Gasteiger partial charge on any atom is 0.338 e. The van der Waals surface area contributed by atoms with Crippen LogP contribution in [0.15, 0.2) is 47.4 Å². The van der Waals surface area contributed by atoms with E-state index in [9.17, 15) is 17.6 Å². The molecule has 1 fully saturated rings. The van der Waals surface area contributed by atoms with Gasteiger partial charge in [0.25, 0.3) is 0 Å². The molecular formula is C22H25FN2O4S. The van der Waals surface area contributed by atoms with E-state index in [1.165, 1.54) is 15.4 Å². The molecule has 2 aromatic carbocycles. The normalized spacial score (nSPS) is 18.8. The molecule has 160 valence electrons. The maximum absolute atomic E-state index is 13.6. The zero-order valence-electron chi connectivity index (χ0n) is 16.6. The van der Waals surface area contributed by atoms with Crippen LogP contribution < -0.4 is 0 Å². The Labute approximate surface area is 176 Å². The molecule has 1 N–H and O–H groups in total. The lowest BCUT2D eigenvalue weighted by Gasteiger charge is -2.36. The molecule has 0 amide bonds. The molecule has 6 nitrogen and oxygen atoms in total. The number of benzene rings is 2. The summed E-state index contributed by atoms with van der Waals surface area (Å²) in [5.41, 5.74) is 2.15. The predicted octanol–water partition coefficient (Wildman–Crippen LogP) is 2.98. The van der Waals surface area contributed by atoms with Crippen molar-refractivity contribution in [2.24, 2.45) is 5.92 Å². The van der Waals surface area contributed by atoms with Crippen molar-refractivity contribution in [2.45, 2.75) is 30.7 Å². The topological polar surface area (TPSA) is 77.9 Å². The van der Waals surface area contributed by atoms with Crippen LogP contribution in [-0.2, 0) is 23.0 Å². The van der Waals surface area contributed by atoms with Gasteiger partial charge in [0.2, 0.25) is 10.0 Å². The lowest BCUT2D eigenvalue weighted by atomic mass is 9.94. The number of nitrogens with zero attached hydrogens (tertiary/aromatic N) is 2. The van der Waals surface area contributed by atoms with E-state index in [0.29, 0.717) is 19.0 Å². The number of hydrogen-bond acceptors (Lipinski definition) is 4. The van der Waals surface area contributed by atoms with Gasteiger partial charge in [0.05, 0.1) is 10.5 Å². The van der Waals surface area contributed by atoms with Crippen LogP contribution in [0.4, 0.5) is 4.39 Å². The van der Waals surface area contributed by atoms with Gasteiger partial charge in [0.1, 0.15) is 5.82 Å². The third-order valence-electron chi connectivity index (χ3n) is 6.11. The molecule has 2 aromatic rings. The predicted molar refractivity (Wildman–Crippen MR) is 110 cm³/mol. The minimum absolute atomic E-state index is 0.174. The van der Waals surface area contributed by atoms with Gasteiger partial charge in [-0.1, -0.05) is 24.3 Å². The van der Waals surface area contributed by atoms with Crippen LogP contribution >= 0.6 is 0 Å². The number of carbonyl (C=O) groups is 1. The van der Waals surface area contributed by atoms with Crippen molar-refractivity contribution in [1.82, 2.24) is 9.21 Å². The Morgan fingerprint density at radius 3 is 2.47 bits per heavy atom. The molecule has 2 heterocycles. The third-order valence-corrected chi connectivity index (χ3v) is 8.00. The van der Waals surface area contributed by atoms with Crippen LogP contribution in [0, 0.1) is 11.7 Å². The van der Waals surface area contributed by atoms with Crippen molar-refractivity contribution in [1.29, 1.82) is 0 Å². The Kier molecular flexibility index (Phi) is 5.90. The van der Waals surface area contributed by atoms with Gasteiger partial charge in [-0.25, -0.2) is 17.6 Å². The summed E-state index contributed by atoms with van der Waals surface area (Å²) in [4.78, 5) is 13.4. The molecule has 0 spiro atoms. The molecule has 0 bridgehead atoms. The summed E-state index contributed by atoms with van der Waals surface area (Å²) in [5.74, 6) is -2.00. The van der Waals surface area contributed by atoms with Crippen molar-refractivity contribution >= 4 is 16.0 Å². The molecule has 0 aliphatic carbocycles. The van der Waals surface area contributed by atoms with E-state index in [2.05, 4.69) is 29.2 Å². The van der Waals surface area contributed by atoms with E-state index in [0.717, 1.165) is 57.1 Å². The summed E-state index contributed by atoms with van der Waals surface area (Å²) in [6.45, 7) is 3.67. The minimum Gasteiger partial charge on any atom is -0.478 e. The van der Waals surface area contributed by atoms with Gasteiger partial charge in [-0.2, -0.15) is 4.31 Å². The van der Waals surface area contributed by atoms with Gasteiger partial charge in [0.15, 0.2) is 0 Å². The molecule has 0 radical (unpaired) electrons. The van der Waals surface area contributed by atoms with Crippen LogP contribution in [0.25, 0.3) is 0 Å². The van der Waals surface area contributed by atoms with E-state index >= 15 is 0 Å². The second-order valence-electron chi connectivity index (χ2n) is 8.05. The van der Waals surface area contributed by atoms with E-state index in [-0.39, 0.29) is 4.90 Å². The van der Waals surface area contributed by atoms with Crippen LogP contribution in [0.3, 0.4) is 0 Å². The standard InChI is InChI=1S/C22H25FN2O4S/c23-21-6-5-19(13-20(21)22(26)27)30(28,29)25-11-7-16(8-12-25)14-24-10-9-17-3-1-2-4-18(17)15-24/h1-6,13,16H,7-12,14-15H2,(H,26,27). The highest BCUT2D eigenvalue weighted by atomic mass is 32.2. The Morgan fingerprint density at radius 1 is 1.07 bits per heavy atom. The molecule has 30 heavy (non-hydrogen) atoms. The first-order valence-electron chi connectivity index (χ1n) is 10.2. The van der Waals surface area contributed by atoms with E-state index in [1.807, 2.05) is 0 Å². The fourth-order valence-electron chi connectivity index (χ4n) is 4.39. The second kappa shape index (κ2) is 8.45. The summed E-state index contributed by atoms with van der Waals surface area (Å²) in [6, 6.07) is 11.4. The quantitative estimate of drug-likeness (QED) is 0.786. The lowest BCUT2D eigenvalue weighted by molar-refractivity contribution is 0.0691. The lowest BCUT2D eigenvalue weighted by Crippen LogP contribution is -2.42. The Bertz CT molecular complexity index is 1050. The number of aromatic carboxylic acids is 1. The van der Waals surface area contributed by atoms with Crippen molar-refractivity contribution in [3.63, 3.8) is 0 Å². The van der Waals surface area contributed by atoms with Gasteiger partial charge in [0, 0.05) is 32.7 Å². The fraction of sp³-hybridized carbons (Fsp3) is 0.409. The number of fused-ring (bicyclic) bond motifs is 1. The molecule has 0 aromatic heterocycles. The van der Waals surface area contributed by atoms with Crippen molar-refractivity contribution in [3.05, 3.63) is 65.0 Å². The smallest absolute Gasteiger partial charge is 0.338 e. The summed E-state index contributed by atoms with van der Waals surface area (Å²) in [7, 11) is -3.84. The Hall–Kier alpha value is -2.29. The number of sulfonamides is 1. The molecule has 4 rings (SSSR count). The molecule has 0 unspecified atom stereocenters. The molecule has 8 heteroatoms. The van der Waals surface area contributed by atoms with Gasteiger partial charge in [-0.15, -0.1) is 0 Å². The third kappa shape index (κ3) is 4.26. The first-order chi connectivity index (χ1) is 14.3. The number of carboxylic acids is 1. The molecule has 2 aliphatic heterocycles. The number of carboxylic acid groups (broad SMARTS) is 1. The van der Waals surface area contributed by atoms with Crippen LogP contribution in [0.2, 0.25) is 0 Å². The van der Waals surface area contributed by atoms with Crippen LogP contribution in [0.1, 0.15) is 34.3 Å². The van der Waals surface area contributed by atoms with E-state index in [1.54, 1.807) is 0 Å². The number of halogens is 1.